The zero-order valence-corrected chi connectivity index (χ0v) is 20.6. The lowest BCUT2D eigenvalue weighted by molar-refractivity contribution is 0.441. The maximum Gasteiger partial charge on any atom is 0.300 e. The van der Waals surface area contributed by atoms with Crippen LogP contribution in [-0.4, -0.2) is 23.6 Å². The first-order valence-electron chi connectivity index (χ1n) is 11.0. The lowest BCUT2D eigenvalue weighted by atomic mass is 9.86. The maximum absolute atomic E-state index is 12.3. The number of para-hydroxylation sites is 2. The normalized spacial score (nSPS) is 12.2. The van der Waals surface area contributed by atoms with Crippen molar-refractivity contribution in [2.24, 2.45) is 0 Å². The number of nitrogens with one attached hydrogen (secondary N) is 2. The first-order chi connectivity index (χ1) is 16.0. The van der Waals surface area contributed by atoms with Crippen LogP contribution < -0.4 is 14.8 Å². The minimum Gasteiger partial charge on any atom is -0.437 e. The summed E-state index contributed by atoms with van der Waals surface area (Å²) >= 11 is 0. The molecule has 4 aromatic rings. The van der Waals surface area contributed by atoms with Gasteiger partial charge in [-0.15, -0.1) is 0 Å². The SMILES string of the molecule is CC(C)S(=O)(=O)Nc1cccc2oc(Nc3cccnc3Oc3ccccc3C(C)(C)C)nc12. The van der Waals surface area contributed by atoms with Crippen LogP contribution in [0.2, 0.25) is 0 Å². The quantitative estimate of drug-likeness (QED) is 0.324. The van der Waals surface area contributed by atoms with Gasteiger partial charge in [0.25, 0.3) is 6.01 Å². The van der Waals surface area contributed by atoms with Crippen LogP contribution in [-0.2, 0) is 15.4 Å². The van der Waals surface area contributed by atoms with Crippen LogP contribution >= 0.6 is 0 Å². The summed E-state index contributed by atoms with van der Waals surface area (Å²) in [6, 6.07) is 16.7. The number of hydrogen-bond acceptors (Lipinski definition) is 7. The van der Waals surface area contributed by atoms with Crippen LogP contribution in [0.1, 0.15) is 40.2 Å². The monoisotopic (exact) mass is 480 g/mol. The second-order valence-corrected chi connectivity index (χ2v) is 11.4. The topological polar surface area (TPSA) is 106 Å². The van der Waals surface area contributed by atoms with Crippen LogP contribution in [0.3, 0.4) is 0 Å². The Labute approximate surface area is 199 Å². The summed E-state index contributed by atoms with van der Waals surface area (Å²) in [6.45, 7) is 9.59. The van der Waals surface area contributed by atoms with E-state index in [-0.39, 0.29) is 11.4 Å². The zero-order valence-electron chi connectivity index (χ0n) is 19.8. The molecule has 8 nitrogen and oxygen atoms in total. The molecule has 0 atom stereocenters. The number of ether oxygens (including phenoxy) is 1. The Morgan fingerprint density at radius 1 is 0.971 bits per heavy atom. The molecule has 0 saturated carbocycles. The van der Waals surface area contributed by atoms with E-state index in [0.29, 0.717) is 34.1 Å². The van der Waals surface area contributed by atoms with Gasteiger partial charge in [0.2, 0.25) is 15.9 Å². The molecule has 0 aliphatic rings. The van der Waals surface area contributed by atoms with Gasteiger partial charge >= 0.3 is 0 Å². The first-order valence-corrected chi connectivity index (χ1v) is 12.5. The van der Waals surface area contributed by atoms with Crippen molar-refractivity contribution in [1.29, 1.82) is 0 Å². The lowest BCUT2D eigenvalue weighted by Crippen LogP contribution is -2.22. The highest BCUT2D eigenvalue weighted by Crippen LogP contribution is 2.37. The van der Waals surface area contributed by atoms with Crippen LogP contribution in [0.4, 0.5) is 17.4 Å². The van der Waals surface area contributed by atoms with Gasteiger partial charge in [-0.3, -0.25) is 4.72 Å². The highest BCUT2D eigenvalue weighted by Gasteiger charge is 2.21. The van der Waals surface area contributed by atoms with Gasteiger partial charge in [-0.25, -0.2) is 13.4 Å². The van der Waals surface area contributed by atoms with Gasteiger partial charge in [-0.05, 0) is 49.6 Å². The molecule has 2 heterocycles. The Morgan fingerprint density at radius 2 is 1.71 bits per heavy atom. The third-order valence-electron chi connectivity index (χ3n) is 5.21. The van der Waals surface area contributed by atoms with Gasteiger partial charge in [0.15, 0.2) is 5.58 Å². The molecular weight excluding hydrogens is 452 g/mol. The average Bonchev–Trinajstić information content (AvgIpc) is 3.18. The predicted octanol–water partition coefficient (Wildman–Crippen LogP) is 6.21. The van der Waals surface area contributed by atoms with Crippen molar-refractivity contribution in [2.45, 2.75) is 45.3 Å². The van der Waals surface area contributed by atoms with Crippen LogP contribution in [0.5, 0.6) is 11.6 Å². The maximum atomic E-state index is 12.3. The van der Waals surface area contributed by atoms with E-state index in [1.807, 2.05) is 24.3 Å². The predicted molar refractivity (Wildman–Crippen MR) is 134 cm³/mol. The van der Waals surface area contributed by atoms with Crippen molar-refractivity contribution < 1.29 is 17.6 Å². The Hall–Kier alpha value is -3.59. The Balaban J connectivity index is 1.65. The van der Waals surface area contributed by atoms with Gasteiger partial charge < -0.3 is 14.5 Å². The molecule has 4 rings (SSSR count). The standard InChI is InChI=1S/C25H28N4O4S/c1-16(2)34(30,31)29-18-11-8-14-21-22(18)28-24(33-21)27-19-12-9-15-26-23(19)32-20-13-7-6-10-17(20)25(3,4)5/h6-16,29H,1-5H3,(H,27,28). The van der Waals surface area contributed by atoms with E-state index in [9.17, 15) is 8.42 Å². The summed E-state index contributed by atoms with van der Waals surface area (Å²) < 4.78 is 39.3. The van der Waals surface area contributed by atoms with Gasteiger partial charge in [0.05, 0.1) is 10.9 Å². The molecule has 2 aromatic carbocycles. The Morgan fingerprint density at radius 3 is 2.44 bits per heavy atom. The van der Waals surface area contributed by atoms with Crippen molar-refractivity contribution >= 4 is 38.5 Å². The number of aromatic nitrogens is 2. The van der Waals surface area contributed by atoms with E-state index in [1.54, 1.807) is 50.4 Å². The number of fused-ring (bicyclic) bond motifs is 1. The van der Waals surface area contributed by atoms with Crippen LogP contribution in [0, 0.1) is 0 Å². The van der Waals surface area contributed by atoms with Crippen molar-refractivity contribution in [1.82, 2.24) is 9.97 Å². The van der Waals surface area contributed by atoms with E-state index in [4.69, 9.17) is 9.15 Å². The van der Waals surface area contributed by atoms with Gasteiger partial charge in [-0.1, -0.05) is 45.0 Å². The second-order valence-electron chi connectivity index (χ2n) is 9.20. The molecule has 178 valence electrons. The summed E-state index contributed by atoms with van der Waals surface area (Å²) in [5, 5.41) is 2.53. The van der Waals surface area contributed by atoms with Crippen molar-refractivity contribution in [3.8, 4) is 11.6 Å². The van der Waals surface area contributed by atoms with Gasteiger partial charge in [-0.2, -0.15) is 4.98 Å². The number of nitrogens with zero attached hydrogens (tertiary/aromatic N) is 2. The molecular formula is C25H28N4O4S. The number of pyridine rings is 1. The number of anilines is 3. The molecule has 0 spiro atoms. The highest BCUT2D eigenvalue weighted by atomic mass is 32.2. The van der Waals surface area contributed by atoms with Gasteiger partial charge in [0.1, 0.15) is 17.0 Å². The molecule has 0 saturated heterocycles. The summed E-state index contributed by atoms with van der Waals surface area (Å²) in [6.07, 6.45) is 1.64. The van der Waals surface area contributed by atoms with Crippen LogP contribution in [0.15, 0.2) is 65.2 Å². The minimum atomic E-state index is -3.53. The van der Waals surface area contributed by atoms with Crippen molar-refractivity contribution in [2.75, 3.05) is 10.0 Å². The lowest BCUT2D eigenvalue weighted by Gasteiger charge is -2.22. The van der Waals surface area contributed by atoms with E-state index in [0.717, 1.165) is 5.56 Å². The molecule has 0 aliphatic heterocycles. The first kappa shape index (κ1) is 23.6. The summed E-state index contributed by atoms with van der Waals surface area (Å²) in [4.78, 5) is 8.86. The summed E-state index contributed by atoms with van der Waals surface area (Å²) in [5.74, 6) is 1.07. The molecule has 0 aliphatic carbocycles. The average molecular weight is 481 g/mol. The molecule has 0 amide bonds. The van der Waals surface area contributed by atoms with Crippen molar-refractivity contribution in [3.05, 3.63) is 66.4 Å². The third-order valence-corrected chi connectivity index (χ3v) is 6.95. The molecule has 2 aromatic heterocycles. The van der Waals surface area contributed by atoms with E-state index in [2.05, 4.69) is 40.8 Å². The third kappa shape index (κ3) is 4.99. The fourth-order valence-electron chi connectivity index (χ4n) is 3.32. The van der Waals surface area contributed by atoms with Crippen molar-refractivity contribution in [3.63, 3.8) is 0 Å². The van der Waals surface area contributed by atoms with E-state index >= 15 is 0 Å². The molecule has 0 unspecified atom stereocenters. The fourth-order valence-corrected chi connectivity index (χ4v) is 4.02. The Bertz CT molecular complexity index is 1420. The molecule has 2 N–H and O–H groups in total. The molecule has 0 bridgehead atoms. The van der Waals surface area contributed by atoms with E-state index in [1.165, 1.54) is 0 Å². The highest BCUT2D eigenvalue weighted by molar-refractivity contribution is 7.93. The minimum absolute atomic E-state index is 0.112. The molecule has 34 heavy (non-hydrogen) atoms. The largest absolute Gasteiger partial charge is 0.437 e. The van der Waals surface area contributed by atoms with Crippen LogP contribution in [0.25, 0.3) is 11.1 Å². The Kier molecular flexibility index (Phi) is 6.22. The number of sulfonamides is 1. The second kappa shape index (κ2) is 8.98. The smallest absolute Gasteiger partial charge is 0.300 e. The number of oxazole rings is 1. The number of benzene rings is 2. The number of hydrogen-bond donors (Lipinski definition) is 2. The number of rotatable bonds is 7. The fraction of sp³-hybridized carbons (Fsp3) is 0.280. The molecule has 0 radical (unpaired) electrons. The molecule has 9 heteroatoms. The summed E-state index contributed by atoms with van der Waals surface area (Å²) in [5.41, 5.74) is 2.69. The van der Waals surface area contributed by atoms with E-state index < -0.39 is 15.3 Å². The summed E-state index contributed by atoms with van der Waals surface area (Å²) in [7, 11) is -3.53. The zero-order chi connectivity index (χ0) is 24.5. The molecule has 0 fully saturated rings. The van der Waals surface area contributed by atoms with Gasteiger partial charge in [0, 0.05) is 11.8 Å².